The van der Waals surface area contributed by atoms with Crippen molar-refractivity contribution in [3.8, 4) is 0 Å². The zero-order valence-corrected chi connectivity index (χ0v) is 9.56. The summed E-state index contributed by atoms with van der Waals surface area (Å²) in [6.07, 6.45) is 3.01. The molecule has 1 aromatic rings. The average molecular weight is 217 g/mol. The first-order valence-electron chi connectivity index (χ1n) is 6.28. The van der Waals surface area contributed by atoms with Gasteiger partial charge >= 0.3 is 0 Å². The van der Waals surface area contributed by atoms with Crippen molar-refractivity contribution in [2.75, 3.05) is 13.1 Å². The van der Waals surface area contributed by atoms with Crippen LogP contribution in [-0.2, 0) is 11.3 Å². The van der Waals surface area contributed by atoms with Crippen LogP contribution in [0.2, 0.25) is 0 Å². The van der Waals surface area contributed by atoms with Crippen molar-refractivity contribution >= 4 is 0 Å². The molecule has 1 aromatic carbocycles. The molecule has 1 aliphatic carbocycles. The number of rotatable bonds is 3. The molecule has 1 saturated heterocycles. The molecule has 1 unspecified atom stereocenters. The molecular weight excluding hydrogens is 198 g/mol. The Balaban J connectivity index is 1.50. The zero-order valence-electron chi connectivity index (χ0n) is 9.56. The van der Waals surface area contributed by atoms with E-state index in [9.17, 15) is 0 Å². The van der Waals surface area contributed by atoms with Crippen molar-refractivity contribution in [1.82, 2.24) is 5.32 Å². The maximum atomic E-state index is 6.00. The highest BCUT2D eigenvalue weighted by Crippen LogP contribution is 2.36. The first-order valence-corrected chi connectivity index (χ1v) is 6.28. The maximum absolute atomic E-state index is 6.00. The van der Waals surface area contributed by atoms with Gasteiger partial charge in [0.25, 0.3) is 0 Å². The lowest BCUT2D eigenvalue weighted by atomic mass is 10.0. The summed E-state index contributed by atoms with van der Waals surface area (Å²) in [5.41, 5.74) is 1.29. The van der Waals surface area contributed by atoms with E-state index in [1.54, 1.807) is 0 Å². The van der Waals surface area contributed by atoms with E-state index in [4.69, 9.17) is 4.74 Å². The molecule has 1 aliphatic heterocycles. The summed E-state index contributed by atoms with van der Waals surface area (Å²) >= 11 is 0. The molecule has 1 saturated carbocycles. The molecule has 0 spiro atoms. The molecular formula is C14H19NO. The van der Waals surface area contributed by atoms with Gasteiger partial charge in [-0.2, -0.15) is 0 Å². The Morgan fingerprint density at radius 3 is 2.44 bits per heavy atom. The summed E-state index contributed by atoms with van der Waals surface area (Å²) in [4.78, 5) is 0. The molecule has 0 bridgehead atoms. The van der Waals surface area contributed by atoms with Gasteiger partial charge in [-0.3, -0.25) is 0 Å². The second-order valence-corrected chi connectivity index (χ2v) is 5.07. The summed E-state index contributed by atoms with van der Waals surface area (Å²) in [5, 5.41) is 3.46. The zero-order chi connectivity index (χ0) is 10.8. The monoisotopic (exact) mass is 217 g/mol. The Morgan fingerprint density at radius 2 is 1.75 bits per heavy atom. The van der Waals surface area contributed by atoms with Crippen LogP contribution in [0, 0.1) is 11.8 Å². The van der Waals surface area contributed by atoms with Gasteiger partial charge in [-0.25, -0.2) is 0 Å². The quantitative estimate of drug-likeness (QED) is 0.838. The number of ether oxygens (including phenoxy) is 1. The average Bonchev–Trinajstić information content (AvgIpc) is 2.88. The fourth-order valence-corrected chi connectivity index (χ4v) is 3.03. The molecule has 2 fully saturated rings. The summed E-state index contributed by atoms with van der Waals surface area (Å²) < 4.78 is 6.00. The van der Waals surface area contributed by atoms with E-state index in [1.807, 2.05) is 0 Å². The molecule has 2 nitrogen and oxygen atoms in total. The predicted molar refractivity (Wildman–Crippen MR) is 64.1 cm³/mol. The van der Waals surface area contributed by atoms with E-state index in [-0.39, 0.29) is 0 Å². The Hall–Kier alpha value is -0.860. The largest absolute Gasteiger partial charge is 0.374 e. The van der Waals surface area contributed by atoms with Gasteiger partial charge < -0.3 is 10.1 Å². The SMILES string of the molecule is c1ccc(COC2C[C@H]3CNC[C@H]3C2)cc1. The summed E-state index contributed by atoms with van der Waals surface area (Å²) in [7, 11) is 0. The number of hydrogen-bond acceptors (Lipinski definition) is 2. The van der Waals surface area contributed by atoms with Crippen molar-refractivity contribution in [2.45, 2.75) is 25.6 Å². The topological polar surface area (TPSA) is 21.3 Å². The number of benzene rings is 1. The van der Waals surface area contributed by atoms with E-state index in [0.29, 0.717) is 6.10 Å². The Labute approximate surface area is 97.0 Å². The standard InChI is InChI=1S/C14H19NO/c1-2-4-11(5-3-1)10-16-14-6-12-8-15-9-13(12)7-14/h1-5,12-15H,6-10H2/t12-,13+,14?. The van der Waals surface area contributed by atoms with Crippen molar-refractivity contribution in [3.05, 3.63) is 35.9 Å². The van der Waals surface area contributed by atoms with E-state index in [0.717, 1.165) is 18.4 Å². The van der Waals surface area contributed by atoms with Gasteiger partial charge in [-0.1, -0.05) is 30.3 Å². The highest BCUT2D eigenvalue weighted by Gasteiger charge is 2.37. The smallest absolute Gasteiger partial charge is 0.0720 e. The van der Waals surface area contributed by atoms with Gasteiger partial charge in [-0.15, -0.1) is 0 Å². The summed E-state index contributed by atoms with van der Waals surface area (Å²) in [6.45, 7) is 3.18. The molecule has 1 N–H and O–H groups in total. The minimum Gasteiger partial charge on any atom is -0.374 e. The fourth-order valence-electron chi connectivity index (χ4n) is 3.03. The molecule has 2 aliphatic rings. The van der Waals surface area contributed by atoms with Crippen molar-refractivity contribution in [3.63, 3.8) is 0 Å². The highest BCUT2D eigenvalue weighted by molar-refractivity contribution is 5.13. The first-order chi connectivity index (χ1) is 7.92. The van der Waals surface area contributed by atoms with Crippen LogP contribution in [0.4, 0.5) is 0 Å². The lowest BCUT2D eigenvalue weighted by Crippen LogP contribution is -2.16. The van der Waals surface area contributed by atoms with Crippen LogP contribution >= 0.6 is 0 Å². The van der Waals surface area contributed by atoms with Crippen LogP contribution in [0.1, 0.15) is 18.4 Å². The fraction of sp³-hybridized carbons (Fsp3) is 0.571. The summed E-state index contributed by atoms with van der Waals surface area (Å²) in [6, 6.07) is 10.5. The van der Waals surface area contributed by atoms with Crippen LogP contribution < -0.4 is 5.32 Å². The van der Waals surface area contributed by atoms with E-state index in [1.165, 1.54) is 31.5 Å². The van der Waals surface area contributed by atoms with Gasteiger partial charge in [-0.05, 0) is 43.3 Å². The number of hydrogen-bond donors (Lipinski definition) is 1. The van der Waals surface area contributed by atoms with E-state index >= 15 is 0 Å². The lowest BCUT2D eigenvalue weighted by molar-refractivity contribution is 0.0404. The predicted octanol–water partition coefficient (Wildman–Crippen LogP) is 2.20. The Bertz CT molecular complexity index is 326. The first kappa shape index (κ1) is 10.3. The third kappa shape index (κ3) is 2.13. The van der Waals surface area contributed by atoms with Gasteiger partial charge in [0.05, 0.1) is 12.7 Å². The second-order valence-electron chi connectivity index (χ2n) is 5.07. The highest BCUT2D eigenvalue weighted by atomic mass is 16.5. The minimum absolute atomic E-state index is 0.498. The number of nitrogens with one attached hydrogen (secondary N) is 1. The minimum atomic E-state index is 0.498. The molecule has 3 rings (SSSR count). The molecule has 86 valence electrons. The van der Waals surface area contributed by atoms with Gasteiger partial charge in [0.1, 0.15) is 0 Å². The third-order valence-electron chi connectivity index (χ3n) is 3.94. The molecule has 0 radical (unpaired) electrons. The second kappa shape index (κ2) is 4.56. The van der Waals surface area contributed by atoms with Crippen LogP contribution in [0.3, 0.4) is 0 Å². The van der Waals surface area contributed by atoms with E-state index < -0.39 is 0 Å². The molecule has 1 heterocycles. The van der Waals surface area contributed by atoms with Crippen LogP contribution in [-0.4, -0.2) is 19.2 Å². The Kier molecular flexibility index (Phi) is 2.94. The van der Waals surface area contributed by atoms with Gasteiger partial charge in [0, 0.05) is 0 Å². The van der Waals surface area contributed by atoms with Crippen LogP contribution in [0.15, 0.2) is 30.3 Å². The van der Waals surface area contributed by atoms with E-state index in [2.05, 4.69) is 35.6 Å². The van der Waals surface area contributed by atoms with Crippen molar-refractivity contribution in [2.24, 2.45) is 11.8 Å². The third-order valence-corrected chi connectivity index (χ3v) is 3.94. The molecule has 2 heteroatoms. The van der Waals surface area contributed by atoms with Crippen molar-refractivity contribution in [1.29, 1.82) is 0 Å². The maximum Gasteiger partial charge on any atom is 0.0720 e. The summed E-state index contributed by atoms with van der Waals surface area (Å²) in [5.74, 6) is 1.75. The normalized spacial score (nSPS) is 32.9. The molecule has 0 aromatic heterocycles. The van der Waals surface area contributed by atoms with Crippen LogP contribution in [0.25, 0.3) is 0 Å². The van der Waals surface area contributed by atoms with Crippen LogP contribution in [0.5, 0.6) is 0 Å². The van der Waals surface area contributed by atoms with Gasteiger partial charge in [0.15, 0.2) is 0 Å². The molecule has 3 atom stereocenters. The number of fused-ring (bicyclic) bond motifs is 1. The van der Waals surface area contributed by atoms with Crippen molar-refractivity contribution < 1.29 is 4.74 Å². The van der Waals surface area contributed by atoms with Gasteiger partial charge in [0.2, 0.25) is 0 Å². The molecule has 16 heavy (non-hydrogen) atoms. The lowest BCUT2D eigenvalue weighted by Gasteiger charge is -2.12. The molecule has 0 amide bonds. The Morgan fingerprint density at radius 1 is 1.06 bits per heavy atom.